The Hall–Kier alpha value is -3.86. The highest BCUT2D eigenvalue weighted by atomic mass is 35.5. The van der Waals surface area contributed by atoms with Crippen LogP contribution >= 0.6 is 11.6 Å². The number of amides is 1. The van der Waals surface area contributed by atoms with E-state index in [4.69, 9.17) is 16.3 Å². The molecule has 0 spiro atoms. The smallest absolute Gasteiger partial charge is 0.411 e. The second-order valence-corrected chi connectivity index (χ2v) is 6.91. The van der Waals surface area contributed by atoms with E-state index in [9.17, 15) is 18.0 Å². The molecule has 0 aliphatic heterocycles. The third-order valence-corrected chi connectivity index (χ3v) is 4.57. The molecule has 4 aromatic rings. The van der Waals surface area contributed by atoms with Crippen molar-refractivity contribution in [3.8, 4) is 17.0 Å². The highest BCUT2D eigenvalue weighted by molar-refractivity contribution is 6.31. The molecule has 0 aliphatic rings. The first kappa shape index (κ1) is 21.4. The topological polar surface area (TPSA) is 86.3 Å². The summed E-state index contributed by atoms with van der Waals surface area (Å²) in [5.41, 5.74) is 1.17. The number of ether oxygens (including phenoxy) is 1. The summed E-state index contributed by atoms with van der Waals surface area (Å²) in [6.07, 6.45) is 1.94. The number of halogens is 4. The Morgan fingerprint density at radius 2 is 2.12 bits per heavy atom. The Balaban J connectivity index is 1.78. The number of hydrogen-bond acceptors (Lipinski definition) is 5. The second kappa shape index (κ2) is 8.35. The first-order valence-electron chi connectivity index (χ1n) is 9.04. The molecule has 0 bridgehead atoms. The van der Waals surface area contributed by atoms with Gasteiger partial charge in [0.2, 0.25) is 0 Å². The highest BCUT2D eigenvalue weighted by Gasteiger charge is 2.23. The molecule has 3 aromatic heterocycles. The van der Waals surface area contributed by atoms with Gasteiger partial charge in [0.05, 0.1) is 25.2 Å². The van der Waals surface area contributed by atoms with E-state index in [-0.39, 0.29) is 23.0 Å². The molecule has 1 amide bonds. The van der Waals surface area contributed by atoms with Gasteiger partial charge in [-0.25, -0.2) is 14.2 Å². The number of benzene rings is 1. The van der Waals surface area contributed by atoms with Gasteiger partial charge in [-0.3, -0.25) is 4.79 Å². The molecular formula is C20H14ClF3N6O2. The van der Waals surface area contributed by atoms with Gasteiger partial charge in [-0.1, -0.05) is 11.6 Å². The van der Waals surface area contributed by atoms with Gasteiger partial charge in [0.1, 0.15) is 17.0 Å². The molecular weight excluding hydrogens is 449 g/mol. The molecule has 0 fully saturated rings. The molecule has 4 rings (SSSR count). The van der Waals surface area contributed by atoms with E-state index in [0.717, 1.165) is 10.9 Å². The molecule has 32 heavy (non-hydrogen) atoms. The molecule has 164 valence electrons. The average Bonchev–Trinajstić information content (AvgIpc) is 3.36. The van der Waals surface area contributed by atoms with Crippen LogP contribution in [0.25, 0.3) is 23.1 Å². The third kappa shape index (κ3) is 4.42. The lowest BCUT2D eigenvalue weighted by atomic mass is 10.1. The fourth-order valence-corrected chi connectivity index (χ4v) is 3.13. The van der Waals surface area contributed by atoms with Crippen LogP contribution in [0, 0.1) is 0 Å². The molecule has 0 aliphatic carbocycles. The van der Waals surface area contributed by atoms with Gasteiger partial charge in [-0.15, -0.1) is 0 Å². The van der Waals surface area contributed by atoms with Crippen LogP contribution in [0.3, 0.4) is 0 Å². The van der Waals surface area contributed by atoms with E-state index in [1.54, 1.807) is 24.4 Å². The van der Waals surface area contributed by atoms with Gasteiger partial charge in [0.15, 0.2) is 5.65 Å². The fraction of sp³-hybridized carbons (Fsp3) is 0.100. The van der Waals surface area contributed by atoms with Crippen LogP contribution in [0.1, 0.15) is 10.4 Å². The molecule has 3 heterocycles. The van der Waals surface area contributed by atoms with Gasteiger partial charge in [0, 0.05) is 35.3 Å². The van der Waals surface area contributed by atoms with E-state index < -0.39 is 12.1 Å². The Labute approximate surface area is 183 Å². The lowest BCUT2D eigenvalue weighted by Gasteiger charge is -2.09. The van der Waals surface area contributed by atoms with E-state index >= 15 is 0 Å². The molecule has 0 radical (unpaired) electrons. The maximum Gasteiger partial charge on any atom is 0.411 e. The SMILES string of the molecule is COc1ccc(Cl)cc1-c1nn(C=CC(F)(F)F)cc1NC(=O)c1cnn2cccnc12. The quantitative estimate of drug-likeness (QED) is 0.470. The zero-order chi connectivity index (χ0) is 22.9. The maximum atomic E-state index is 12.9. The zero-order valence-electron chi connectivity index (χ0n) is 16.3. The summed E-state index contributed by atoms with van der Waals surface area (Å²) in [5.74, 6) is -0.201. The number of carbonyl (C=O) groups excluding carboxylic acids is 1. The third-order valence-electron chi connectivity index (χ3n) is 4.34. The summed E-state index contributed by atoms with van der Waals surface area (Å²) in [6, 6.07) is 6.37. The average molecular weight is 463 g/mol. The Bertz CT molecular complexity index is 1330. The minimum atomic E-state index is -4.54. The second-order valence-electron chi connectivity index (χ2n) is 6.47. The maximum absolute atomic E-state index is 12.9. The number of nitrogens with zero attached hydrogens (tertiary/aromatic N) is 5. The number of methoxy groups -OCH3 is 1. The van der Waals surface area contributed by atoms with Crippen LogP contribution in [0.15, 0.2) is 55.1 Å². The number of hydrogen-bond donors (Lipinski definition) is 1. The van der Waals surface area contributed by atoms with Gasteiger partial charge in [-0.05, 0) is 24.3 Å². The van der Waals surface area contributed by atoms with Crippen LogP contribution in [0.4, 0.5) is 18.9 Å². The van der Waals surface area contributed by atoms with Crippen LogP contribution in [-0.4, -0.2) is 43.6 Å². The van der Waals surface area contributed by atoms with Crippen molar-refractivity contribution >= 4 is 35.0 Å². The van der Waals surface area contributed by atoms with E-state index in [1.807, 2.05) is 0 Å². The van der Waals surface area contributed by atoms with E-state index in [0.29, 0.717) is 22.0 Å². The Kier molecular flexibility index (Phi) is 5.57. The molecule has 0 saturated heterocycles. The molecule has 0 unspecified atom stereocenters. The van der Waals surface area contributed by atoms with E-state index in [1.165, 1.54) is 36.3 Å². The van der Waals surface area contributed by atoms with Crippen LogP contribution in [0.5, 0.6) is 5.75 Å². The van der Waals surface area contributed by atoms with Gasteiger partial charge in [-0.2, -0.15) is 23.4 Å². The van der Waals surface area contributed by atoms with Crippen molar-refractivity contribution in [1.29, 1.82) is 0 Å². The number of aromatic nitrogens is 5. The first-order valence-corrected chi connectivity index (χ1v) is 9.42. The van der Waals surface area contributed by atoms with Crippen molar-refractivity contribution in [3.63, 3.8) is 0 Å². The fourth-order valence-electron chi connectivity index (χ4n) is 2.96. The summed E-state index contributed by atoms with van der Waals surface area (Å²) < 4.78 is 45.6. The summed E-state index contributed by atoms with van der Waals surface area (Å²) in [4.78, 5) is 17.1. The summed E-state index contributed by atoms with van der Waals surface area (Å²) in [5, 5.41) is 11.2. The minimum absolute atomic E-state index is 0.0275. The van der Waals surface area contributed by atoms with Gasteiger partial charge in [0.25, 0.3) is 5.91 Å². The molecule has 0 saturated carbocycles. The predicted octanol–water partition coefficient (Wildman–Crippen LogP) is 4.54. The zero-order valence-corrected chi connectivity index (χ0v) is 17.1. The number of carbonyl (C=O) groups is 1. The lowest BCUT2D eigenvalue weighted by molar-refractivity contribution is -0.0792. The number of nitrogens with one attached hydrogen (secondary N) is 1. The number of allylic oxidation sites excluding steroid dienone is 1. The largest absolute Gasteiger partial charge is 0.496 e. The Morgan fingerprint density at radius 1 is 1.31 bits per heavy atom. The molecule has 8 nitrogen and oxygen atoms in total. The summed E-state index contributed by atoms with van der Waals surface area (Å²) >= 11 is 6.10. The monoisotopic (exact) mass is 462 g/mol. The summed E-state index contributed by atoms with van der Waals surface area (Å²) in [6.45, 7) is 0. The highest BCUT2D eigenvalue weighted by Crippen LogP contribution is 2.36. The van der Waals surface area contributed by atoms with Gasteiger partial charge < -0.3 is 10.1 Å². The van der Waals surface area contributed by atoms with Gasteiger partial charge >= 0.3 is 6.18 Å². The predicted molar refractivity (Wildman–Crippen MR) is 112 cm³/mol. The molecule has 1 aromatic carbocycles. The van der Waals surface area contributed by atoms with Crippen molar-refractivity contribution < 1.29 is 22.7 Å². The molecule has 1 N–H and O–H groups in total. The summed E-state index contributed by atoms with van der Waals surface area (Å²) in [7, 11) is 1.43. The Morgan fingerprint density at radius 3 is 2.88 bits per heavy atom. The van der Waals surface area contributed by atoms with Crippen molar-refractivity contribution in [1.82, 2.24) is 24.4 Å². The van der Waals surface area contributed by atoms with Crippen molar-refractivity contribution in [2.24, 2.45) is 0 Å². The van der Waals surface area contributed by atoms with E-state index in [2.05, 4.69) is 20.5 Å². The standard InChI is InChI=1S/C20H14ClF3N6O2/c1-32-16-4-3-12(21)9-13(16)17-15(11-29(28-17)8-5-20(22,23)24)27-19(31)14-10-26-30-7-2-6-25-18(14)30/h2-11H,1H3,(H,27,31). The minimum Gasteiger partial charge on any atom is -0.496 e. The normalized spacial score (nSPS) is 11.9. The van der Waals surface area contributed by atoms with Crippen molar-refractivity contribution in [2.75, 3.05) is 12.4 Å². The van der Waals surface area contributed by atoms with Crippen molar-refractivity contribution in [2.45, 2.75) is 6.18 Å². The van der Waals surface area contributed by atoms with Crippen molar-refractivity contribution in [3.05, 3.63) is 65.7 Å². The number of anilines is 1. The number of fused-ring (bicyclic) bond motifs is 1. The lowest BCUT2D eigenvalue weighted by Crippen LogP contribution is -2.12. The number of alkyl halides is 3. The first-order chi connectivity index (χ1) is 15.2. The number of rotatable bonds is 5. The molecule has 12 heteroatoms. The van der Waals surface area contributed by atoms with Crippen LogP contribution < -0.4 is 10.1 Å². The van der Waals surface area contributed by atoms with Crippen LogP contribution in [-0.2, 0) is 0 Å². The molecule has 0 atom stereocenters. The van der Waals surface area contributed by atoms with Crippen LogP contribution in [0.2, 0.25) is 5.02 Å².